The second-order valence-electron chi connectivity index (χ2n) is 13.8. The zero-order chi connectivity index (χ0) is 38.0. The van der Waals surface area contributed by atoms with E-state index in [1.165, 1.54) is 16.9 Å². The van der Waals surface area contributed by atoms with Crippen molar-refractivity contribution in [2.24, 2.45) is 0 Å². The van der Waals surface area contributed by atoms with Crippen LogP contribution in [0.25, 0.3) is 0 Å². The van der Waals surface area contributed by atoms with Crippen LogP contribution in [0.5, 0.6) is 0 Å². The minimum Gasteiger partial charge on any atom is -0.387 e. The Morgan fingerprint density at radius 3 is 2.26 bits per heavy atom. The number of piperazine rings is 2. The fraction of sp³-hybridized carbons (Fsp3) is 0.436. The number of nitrogens with zero attached hydrogens (tertiary/aromatic N) is 7. The van der Waals surface area contributed by atoms with Gasteiger partial charge in [0, 0.05) is 77.6 Å². The number of benzene rings is 2. The van der Waals surface area contributed by atoms with E-state index < -0.39 is 0 Å². The van der Waals surface area contributed by atoms with E-state index in [9.17, 15) is 14.4 Å². The first-order chi connectivity index (χ1) is 26.2. The molecule has 4 aromatic rings. The number of piperidine rings is 1. The molecule has 5 heterocycles. The van der Waals surface area contributed by atoms with E-state index in [0.717, 1.165) is 106 Å². The average molecular weight is 773 g/mol. The molecule has 0 radical (unpaired) electrons. The third-order valence-corrected chi connectivity index (χ3v) is 11.2. The summed E-state index contributed by atoms with van der Waals surface area (Å²) in [6, 6.07) is 16.1. The Morgan fingerprint density at radius 1 is 0.926 bits per heavy atom. The van der Waals surface area contributed by atoms with Gasteiger partial charge in [0.25, 0.3) is 0 Å². The van der Waals surface area contributed by atoms with E-state index in [-0.39, 0.29) is 17.7 Å². The molecule has 3 saturated heterocycles. The first-order valence-electron chi connectivity index (χ1n) is 18.5. The predicted molar refractivity (Wildman–Crippen MR) is 217 cm³/mol. The van der Waals surface area contributed by atoms with E-state index in [0.29, 0.717) is 34.5 Å². The van der Waals surface area contributed by atoms with Crippen molar-refractivity contribution in [3.05, 3.63) is 81.6 Å². The second-order valence-corrected chi connectivity index (χ2v) is 15.2. The molecule has 3 aliphatic rings. The van der Waals surface area contributed by atoms with Crippen molar-refractivity contribution in [1.82, 2.24) is 30.1 Å². The average Bonchev–Trinajstić information content (AvgIpc) is 3.63. The number of para-hydroxylation sites is 1. The molecule has 3 aliphatic heterocycles. The lowest BCUT2D eigenvalue weighted by Crippen LogP contribution is -2.49. The van der Waals surface area contributed by atoms with Gasteiger partial charge >= 0.3 is 0 Å². The van der Waals surface area contributed by atoms with Gasteiger partial charge in [0.15, 0.2) is 11.4 Å². The quantitative estimate of drug-likeness (QED) is 0.134. The highest BCUT2D eigenvalue weighted by atomic mass is 35.5. The van der Waals surface area contributed by atoms with Gasteiger partial charge in [0.2, 0.25) is 11.8 Å². The van der Waals surface area contributed by atoms with Gasteiger partial charge in [-0.25, -0.2) is 15.0 Å². The maximum absolute atomic E-state index is 12.3. The largest absolute Gasteiger partial charge is 0.387 e. The number of amides is 2. The summed E-state index contributed by atoms with van der Waals surface area (Å²) in [5.41, 5.74) is 4.34. The van der Waals surface area contributed by atoms with Crippen LogP contribution in [0, 0.1) is 13.8 Å². The number of aryl methyl sites for hydroxylation is 2. The first-order valence-corrected chi connectivity index (χ1v) is 19.7. The van der Waals surface area contributed by atoms with Crippen molar-refractivity contribution in [2.45, 2.75) is 39.0 Å². The summed E-state index contributed by atoms with van der Waals surface area (Å²) >= 11 is 7.17. The van der Waals surface area contributed by atoms with Crippen LogP contribution in [0.2, 0.25) is 5.02 Å². The van der Waals surface area contributed by atoms with Crippen molar-refractivity contribution in [1.29, 1.82) is 0 Å². The second kappa shape index (κ2) is 18.6. The minimum atomic E-state index is -0.247. The standard InChI is InChI=1S/C31H39N9O3S.C8H10ClN/c1-22-33-27(35-31-32-20-25(21-41)44-31)19-28(34-22)40-16-12-38(13-17-40)9-3-8-37-10-14-39(15-11-37)24-5-2-4-23(18-24)26-6-7-29(42)36-30(26)43;1-6-4-3-5-7(9)8(6)10-2/h2,4-5,18-21,26H,3,6-17H2,1H3,(H,36,42,43)(H,32,33,34,35);3-5,10H,1-2H3. The van der Waals surface area contributed by atoms with E-state index >= 15 is 0 Å². The molecule has 0 spiro atoms. The Morgan fingerprint density at radius 2 is 1.63 bits per heavy atom. The molecule has 1 atom stereocenters. The van der Waals surface area contributed by atoms with Crippen molar-refractivity contribution < 1.29 is 14.4 Å². The molecule has 0 bridgehead atoms. The Kier molecular flexibility index (Phi) is 13.5. The number of imide groups is 1. The molecule has 0 saturated carbocycles. The molecule has 286 valence electrons. The minimum absolute atomic E-state index is 0.176. The first kappa shape index (κ1) is 39.1. The number of carbonyl (C=O) groups is 3. The fourth-order valence-electron chi connectivity index (χ4n) is 7.13. The Balaban J connectivity index is 0.000000432. The number of halogens is 1. The molecular formula is C39H49ClN10O3S. The highest BCUT2D eigenvalue weighted by molar-refractivity contribution is 7.17. The molecular weight excluding hydrogens is 724 g/mol. The molecule has 0 aliphatic carbocycles. The highest BCUT2D eigenvalue weighted by Crippen LogP contribution is 2.29. The Hall–Kier alpha value is -4.63. The van der Waals surface area contributed by atoms with Crippen LogP contribution in [-0.2, 0) is 9.59 Å². The number of carbonyl (C=O) groups excluding carboxylic acids is 3. The van der Waals surface area contributed by atoms with Crippen molar-refractivity contribution >= 4 is 69.2 Å². The Bertz CT molecular complexity index is 1890. The van der Waals surface area contributed by atoms with E-state index in [1.54, 1.807) is 6.20 Å². The van der Waals surface area contributed by atoms with Crippen LogP contribution >= 0.6 is 22.9 Å². The van der Waals surface area contributed by atoms with Crippen LogP contribution in [0.3, 0.4) is 0 Å². The summed E-state index contributed by atoms with van der Waals surface area (Å²) in [6.07, 6.45) is 4.47. The molecule has 15 heteroatoms. The van der Waals surface area contributed by atoms with E-state index in [1.807, 2.05) is 57.3 Å². The summed E-state index contributed by atoms with van der Waals surface area (Å²) < 4.78 is 0. The van der Waals surface area contributed by atoms with E-state index in [2.05, 4.69) is 62.6 Å². The van der Waals surface area contributed by atoms with Gasteiger partial charge in [-0.15, -0.1) is 0 Å². The van der Waals surface area contributed by atoms with Gasteiger partial charge in [-0.05, 0) is 69.1 Å². The summed E-state index contributed by atoms with van der Waals surface area (Å²) in [7, 11) is 1.87. The molecule has 2 amide bonds. The number of rotatable bonds is 11. The van der Waals surface area contributed by atoms with Crippen LogP contribution in [0.15, 0.2) is 54.7 Å². The summed E-state index contributed by atoms with van der Waals surface area (Å²) in [5.74, 6) is 1.69. The monoisotopic (exact) mass is 772 g/mol. The number of anilines is 5. The molecule has 54 heavy (non-hydrogen) atoms. The molecule has 3 fully saturated rings. The number of aldehydes is 1. The number of nitrogens with one attached hydrogen (secondary N) is 3. The van der Waals surface area contributed by atoms with Crippen molar-refractivity contribution in [2.75, 3.05) is 92.9 Å². The SMILES string of the molecule is CNc1c(C)cccc1Cl.Cc1nc(Nc2ncc(C=O)s2)cc(N2CCN(CCCN3CCN(c4cccc(C5CCC(=O)NC5=O)c4)CC3)CC2)n1. The van der Waals surface area contributed by atoms with Gasteiger partial charge in [-0.2, -0.15) is 0 Å². The smallest absolute Gasteiger partial charge is 0.234 e. The zero-order valence-corrected chi connectivity index (χ0v) is 32.8. The maximum atomic E-state index is 12.3. The van der Waals surface area contributed by atoms with Gasteiger partial charge in [0.05, 0.1) is 27.7 Å². The third-order valence-electron chi connectivity index (χ3n) is 10.1. The molecule has 13 nitrogen and oxygen atoms in total. The maximum Gasteiger partial charge on any atom is 0.234 e. The van der Waals surface area contributed by atoms with Crippen molar-refractivity contribution in [3.63, 3.8) is 0 Å². The van der Waals surface area contributed by atoms with Gasteiger partial charge in [-0.3, -0.25) is 29.5 Å². The predicted octanol–water partition coefficient (Wildman–Crippen LogP) is 5.34. The van der Waals surface area contributed by atoms with Gasteiger partial charge in [0.1, 0.15) is 17.5 Å². The molecule has 7 rings (SSSR count). The number of thiazole rings is 1. The lowest BCUT2D eigenvalue weighted by molar-refractivity contribution is -0.134. The summed E-state index contributed by atoms with van der Waals surface area (Å²) in [5, 5.41) is 10.1. The van der Waals surface area contributed by atoms with Crippen LogP contribution in [-0.4, -0.2) is 115 Å². The van der Waals surface area contributed by atoms with Crippen LogP contribution < -0.4 is 25.8 Å². The van der Waals surface area contributed by atoms with Crippen molar-refractivity contribution in [3.8, 4) is 0 Å². The molecule has 2 aromatic heterocycles. The lowest BCUT2D eigenvalue weighted by Gasteiger charge is -2.38. The third kappa shape index (κ3) is 10.3. The summed E-state index contributed by atoms with van der Waals surface area (Å²) in [6.45, 7) is 13.9. The van der Waals surface area contributed by atoms with Crippen LogP contribution in [0.1, 0.15) is 51.8 Å². The fourth-order valence-corrected chi connectivity index (χ4v) is 8.09. The van der Waals surface area contributed by atoms with E-state index in [4.69, 9.17) is 11.6 Å². The number of hydrogen-bond donors (Lipinski definition) is 3. The summed E-state index contributed by atoms with van der Waals surface area (Å²) in [4.78, 5) is 58.6. The molecule has 2 aromatic carbocycles. The van der Waals surface area contributed by atoms with Gasteiger partial charge in [-0.1, -0.05) is 47.2 Å². The number of aromatic nitrogens is 3. The molecule has 3 N–H and O–H groups in total. The zero-order valence-electron chi connectivity index (χ0n) is 31.2. The number of hydrogen-bond acceptors (Lipinski definition) is 13. The van der Waals surface area contributed by atoms with Gasteiger partial charge < -0.3 is 20.4 Å². The lowest BCUT2D eigenvalue weighted by atomic mass is 9.90. The molecule has 1 unspecified atom stereocenters. The van der Waals surface area contributed by atoms with Crippen LogP contribution in [0.4, 0.5) is 28.1 Å². The topological polar surface area (TPSA) is 139 Å². The normalized spacial score (nSPS) is 18.1. The highest BCUT2D eigenvalue weighted by Gasteiger charge is 2.28. The Labute approximate surface area is 326 Å².